The second-order valence-corrected chi connectivity index (χ2v) is 6.02. The number of aromatic nitrogens is 2. The highest BCUT2D eigenvalue weighted by Crippen LogP contribution is 2.39. The fourth-order valence-electron chi connectivity index (χ4n) is 2.60. The molecule has 1 aromatic heterocycles. The van der Waals surface area contributed by atoms with Gasteiger partial charge in [-0.3, -0.25) is 0 Å². The molecule has 0 spiro atoms. The van der Waals surface area contributed by atoms with Crippen LogP contribution in [0.15, 0.2) is 18.3 Å². The Morgan fingerprint density at radius 3 is 2.38 bits per heavy atom. The quantitative estimate of drug-likeness (QED) is 0.696. The van der Waals surface area contributed by atoms with Crippen molar-refractivity contribution in [3.8, 4) is 5.69 Å². The average molecular weight is 335 g/mol. The smallest absolute Gasteiger partial charge is 0.237 e. The first-order valence-corrected chi connectivity index (χ1v) is 7.18. The summed E-state index contributed by atoms with van der Waals surface area (Å²) in [5.41, 5.74) is 1.47. The van der Waals surface area contributed by atoms with Crippen LogP contribution in [0.5, 0.6) is 0 Å². The molecule has 1 aliphatic carbocycles. The van der Waals surface area contributed by atoms with E-state index in [1.165, 1.54) is 4.68 Å². The van der Waals surface area contributed by atoms with E-state index >= 15 is 0 Å². The normalized spacial score (nSPS) is 18.1. The summed E-state index contributed by atoms with van der Waals surface area (Å²) in [5.74, 6) is 0.390. The van der Waals surface area contributed by atoms with Crippen molar-refractivity contribution in [1.29, 1.82) is 0 Å². The van der Waals surface area contributed by atoms with Gasteiger partial charge in [0, 0.05) is 6.20 Å². The third-order valence-electron chi connectivity index (χ3n) is 3.74. The molecule has 112 valence electrons. The Balaban J connectivity index is 2.09. The first-order chi connectivity index (χ1) is 9.77. The van der Waals surface area contributed by atoms with Crippen molar-refractivity contribution in [2.24, 2.45) is 0 Å². The number of aryl methyl sites for hydroxylation is 1. The van der Waals surface area contributed by atoms with Crippen LogP contribution in [-0.2, 0) is 12.6 Å². The van der Waals surface area contributed by atoms with Crippen LogP contribution in [0.4, 0.5) is 13.2 Å². The molecule has 1 heterocycles. The van der Waals surface area contributed by atoms with Crippen LogP contribution in [0.3, 0.4) is 0 Å². The van der Waals surface area contributed by atoms with Crippen LogP contribution in [0.25, 0.3) is 5.69 Å². The number of nitrogens with zero attached hydrogens (tertiary/aromatic N) is 2. The third kappa shape index (κ3) is 2.53. The van der Waals surface area contributed by atoms with Gasteiger partial charge in [-0.2, -0.15) is 18.3 Å². The molecule has 1 unspecified atom stereocenters. The van der Waals surface area contributed by atoms with Crippen molar-refractivity contribution in [3.05, 3.63) is 45.2 Å². The second kappa shape index (κ2) is 4.92. The number of rotatable bonds is 1. The highest BCUT2D eigenvalue weighted by molar-refractivity contribution is 6.37. The van der Waals surface area contributed by atoms with Gasteiger partial charge in [-0.15, -0.1) is 0 Å². The maximum Gasteiger partial charge on any atom is 0.416 e. The summed E-state index contributed by atoms with van der Waals surface area (Å²) in [5, 5.41) is 4.26. The fraction of sp³-hybridized carbons (Fsp3) is 0.357. The average Bonchev–Trinajstić information content (AvgIpc) is 2.90. The number of hydrogen-bond acceptors (Lipinski definition) is 1. The minimum absolute atomic E-state index is 0.0661. The number of alkyl halides is 3. The van der Waals surface area contributed by atoms with Crippen molar-refractivity contribution in [3.63, 3.8) is 0 Å². The summed E-state index contributed by atoms with van der Waals surface area (Å²) in [7, 11) is 0. The van der Waals surface area contributed by atoms with Gasteiger partial charge in [0.25, 0.3) is 0 Å². The maximum atomic E-state index is 12.7. The summed E-state index contributed by atoms with van der Waals surface area (Å²) in [6, 6.07) is 1.75. The molecule has 0 bridgehead atoms. The van der Waals surface area contributed by atoms with Crippen LogP contribution in [0.2, 0.25) is 10.0 Å². The summed E-state index contributed by atoms with van der Waals surface area (Å²) in [6.45, 7) is 2.09. The molecule has 2 nitrogen and oxygen atoms in total. The van der Waals surface area contributed by atoms with E-state index in [1.807, 2.05) is 0 Å². The zero-order valence-electron chi connectivity index (χ0n) is 11.0. The Morgan fingerprint density at radius 1 is 1.24 bits per heavy atom. The van der Waals surface area contributed by atoms with Crippen LogP contribution in [0, 0.1) is 0 Å². The van der Waals surface area contributed by atoms with E-state index in [1.54, 1.807) is 6.20 Å². The Kier molecular flexibility index (Phi) is 3.45. The van der Waals surface area contributed by atoms with Gasteiger partial charge in [0.05, 0.1) is 21.3 Å². The van der Waals surface area contributed by atoms with Crippen LogP contribution < -0.4 is 0 Å². The molecular weight excluding hydrogens is 324 g/mol. The van der Waals surface area contributed by atoms with Gasteiger partial charge in [0.15, 0.2) is 0 Å². The summed E-state index contributed by atoms with van der Waals surface area (Å²) in [4.78, 5) is 0. The summed E-state index contributed by atoms with van der Waals surface area (Å²) in [6.07, 6.45) is -0.786. The highest BCUT2D eigenvalue weighted by Gasteiger charge is 2.32. The van der Waals surface area contributed by atoms with Crippen molar-refractivity contribution >= 4 is 23.2 Å². The standard InChI is InChI=1S/C14H11Cl2F3N2/c1-7-2-3-12-9(7)6-21(20-12)13-10(15)4-8(5-11(13)16)14(17,18)19/h4-7H,2-3H2,1H3. The first kappa shape index (κ1) is 14.7. The number of fused-ring (bicyclic) bond motifs is 1. The first-order valence-electron chi connectivity index (χ1n) is 6.42. The van der Waals surface area contributed by atoms with Gasteiger partial charge < -0.3 is 0 Å². The molecule has 1 atom stereocenters. The Morgan fingerprint density at radius 2 is 1.86 bits per heavy atom. The lowest BCUT2D eigenvalue weighted by molar-refractivity contribution is -0.137. The Bertz CT molecular complexity index is 684. The molecule has 7 heteroatoms. The van der Waals surface area contributed by atoms with Gasteiger partial charge in [0.1, 0.15) is 5.69 Å². The molecule has 0 aliphatic heterocycles. The van der Waals surface area contributed by atoms with E-state index in [9.17, 15) is 13.2 Å². The lowest BCUT2D eigenvalue weighted by Gasteiger charge is -2.12. The van der Waals surface area contributed by atoms with E-state index in [2.05, 4.69) is 12.0 Å². The van der Waals surface area contributed by atoms with E-state index in [-0.39, 0.29) is 15.7 Å². The number of hydrogen-bond donors (Lipinski definition) is 0. The molecule has 0 amide bonds. The molecule has 0 saturated heterocycles. The highest BCUT2D eigenvalue weighted by atomic mass is 35.5. The van der Waals surface area contributed by atoms with Gasteiger partial charge in [-0.05, 0) is 36.5 Å². The van der Waals surface area contributed by atoms with Gasteiger partial charge in [-0.25, -0.2) is 4.68 Å². The molecule has 3 rings (SSSR count). The molecule has 0 radical (unpaired) electrons. The van der Waals surface area contributed by atoms with Gasteiger partial charge >= 0.3 is 6.18 Å². The van der Waals surface area contributed by atoms with E-state index < -0.39 is 11.7 Å². The fourth-order valence-corrected chi connectivity index (χ4v) is 3.26. The monoisotopic (exact) mass is 334 g/mol. The van der Waals surface area contributed by atoms with Crippen molar-refractivity contribution in [2.45, 2.75) is 31.9 Å². The molecular formula is C14H11Cl2F3N2. The minimum atomic E-state index is -4.48. The van der Waals surface area contributed by atoms with Crippen molar-refractivity contribution < 1.29 is 13.2 Å². The Labute approximate surface area is 129 Å². The van der Waals surface area contributed by atoms with Crippen LogP contribution in [0.1, 0.15) is 36.1 Å². The number of halogens is 5. The minimum Gasteiger partial charge on any atom is -0.237 e. The van der Waals surface area contributed by atoms with Gasteiger partial charge in [0.2, 0.25) is 0 Å². The maximum absolute atomic E-state index is 12.7. The molecule has 0 saturated carbocycles. The second-order valence-electron chi connectivity index (χ2n) is 5.20. The molecule has 1 aliphatic rings. The van der Waals surface area contributed by atoms with E-state index in [0.29, 0.717) is 5.92 Å². The third-order valence-corrected chi connectivity index (χ3v) is 4.32. The molecule has 1 aromatic carbocycles. The molecule has 2 aromatic rings. The van der Waals surface area contributed by atoms with Crippen LogP contribution >= 0.6 is 23.2 Å². The SMILES string of the molecule is CC1CCc2nn(-c3c(Cl)cc(C(F)(F)F)cc3Cl)cc21. The van der Waals surface area contributed by atoms with E-state index in [4.69, 9.17) is 23.2 Å². The number of benzene rings is 1. The lowest BCUT2D eigenvalue weighted by Crippen LogP contribution is -2.07. The summed E-state index contributed by atoms with van der Waals surface area (Å²) >= 11 is 12.0. The van der Waals surface area contributed by atoms with Crippen molar-refractivity contribution in [1.82, 2.24) is 9.78 Å². The lowest BCUT2D eigenvalue weighted by atomic mass is 10.1. The van der Waals surface area contributed by atoms with Crippen molar-refractivity contribution in [2.75, 3.05) is 0 Å². The largest absolute Gasteiger partial charge is 0.416 e. The summed E-state index contributed by atoms with van der Waals surface area (Å²) < 4.78 is 39.7. The zero-order valence-corrected chi connectivity index (χ0v) is 12.5. The molecule has 0 N–H and O–H groups in total. The topological polar surface area (TPSA) is 17.8 Å². The van der Waals surface area contributed by atoms with E-state index in [0.717, 1.165) is 36.2 Å². The predicted octanol–water partition coefficient (Wildman–Crippen LogP) is 5.25. The van der Waals surface area contributed by atoms with Gasteiger partial charge in [-0.1, -0.05) is 30.1 Å². The molecule has 0 fully saturated rings. The Hall–Kier alpha value is -1.20. The zero-order chi connectivity index (χ0) is 15.4. The predicted molar refractivity (Wildman–Crippen MR) is 75.3 cm³/mol. The van der Waals surface area contributed by atoms with Crippen LogP contribution in [-0.4, -0.2) is 9.78 Å². The molecule has 21 heavy (non-hydrogen) atoms.